The molecular formula is C13H20O2. The predicted octanol–water partition coefficient (Wildman–Crippen LogP) is 2.88. The van der Waals surface area contributed by atoms with Crippen LogP contribution in [0, 0.1) is 5.41 Å². The third-order valence-corrected chi connectivity index (χ3v) is 2.14. The number of hydrogen-bond acceptors (Lipinski definition) is 2. The topological polar surface area (TPSA) is 18.5 Å². The van der Waals surface area contributed by atoms with Gasteiger partial charge in [-0.3, -0.25) is 0 Å². The van der Waals surface area contributed by atoms with Gasteiger partial charge in [-0.1, -0.05) is 44.2 Å². The Morgan fingerprint density at radius 2 is 1.73 bits per heavy atom. The Bertz CT molecular complexity index is 267. The van der Waals surface area contributed by atoms with Gasteiger partial charge in [0.2, 0.25) is 0 Å². The van der Waals surface area contributed by atoms with Gasteiger partial charge in [-0.25, -0.2) is 0 Å². The van der Waals surface area contributed by atoms with Gasteiger partial charge in [-0.2, -0.15) is 0 Å². The van der Waals surface area contributed by atoms with Crippen LogP contribution in [0.15, 0.2) is 30.3 Å². The maximum atomic E-state index is 5.66. The average Bonchev–Trinajstić information content (AvgIpc) is 2.19. The van der Waals surface area contributed by atoms with Crippen LogP contribution in [-0.2, 0) is 16.1 Å². The quantitative estimate of drug-likeness (QED) is 0.715. The summed E-state index contributed by atoms with van der Waals surface area (Å²) >= 11 is 0. The zero-order valence-corrected chi connectivity index (χ0v) is 9.82. The Morgan fingerprint density at radius 3 is 2.33 bits per heavy atom. The molecule has 0 saturated heterocycles. The summed E-state index contributed by atoms with van der Waals surface area (Å²) in [6, 6.07) is 10.2. The van der Waals surface area contributed by atoms with Crippen molar-refractivity contribution in [3.63, 3.8) is 0 Å². The summed E-state index contributed by atoms with van der Waals surface area (Å²) < 4.78 is 10.8. The summed E-state index contributed by atoms with van der Waals surface area (Å²) in [5.41, 5.74) is 1.30. The van der Waals surface area contributed by atoms with Crippen LogP contribution in [0.5, 0.6) is 0 Å². The Balaban J connectivity index is 2.27. The smallest absolute Gasteiger partial charge is 0.0717 e. The van der Waals surface area contributed by atoms with E-state index in [0.717, 1.165) is 13.2 Å². The molecule has 0 atom stereocenters. The van der Waals surface area contributed by atoms with Gasteiger partial charge in [0, 0.05) is 12.5 Å². The van der Waals surface area contributed by atoms with Gasteiger partial charge < -0.3 is 9.47 Å². The standard InChI is InChI=1S/C13H20O2/c1-13(2,10-14-3)11-15-9-12-7-5-4-6-8-12/h4-8H,9-11H2,1-3H3. The van der Waals surface area contributed by atoms with Crippen molar-refractivity contribution in [2.75, 3.05) is 20.3 Å². The first-order valence-corrected chi connectivity index (χ1v) is 5.25. The maximum absolute atomic E-state index is 5.66. The fourth-order valence-corrected chi connectivity index (χ4v) is 1.45. The van der Waals surface area contributed by atoms with Crippen LogP contribution >= 0.6 is 0 Å². The summed E-state index contributed by atoms with van der Waals surface area (Å²) in [6.45, 7) is 6.40. The van der Waals surface area contributed by atoms with Gasteiger partial charge in [-0.05, 0) is 5.56 Å². The molecule has 0 spiro atoms. The lowest BCUT2D eigenvalue weighted by Crippen LogP contribution is -2.24. The van der Waals surface area contributed by atoms with E-state index in [9.17, 15) is 0 Å². The second-order valence-corrected chi connectivity index (χ2v) is 4.58. The van der Waals surface area contributed by atoms with Crippen LogP contribution in [0.25, 0.3) is 0 Å². The van der Waals surface area contributed by atoms with Gasteiger partial charge in [0.05, 0.1) is 19.8 Å². The molecule has 2 heteroatoms. The zero-order chi connectivity index (χ0) is 11.1. The highest BCUT2D eigenvalue weighted by molar-refractivity contribution is 5.13. The molecule has 0 heterocycles. The minimum absolute atomic E-state index is 0.0868. The molecule has 0 bridgehead atoms. The predicted molar refractivity (Wildman–Crippen MR) is 61.8 cm³/mol. The number of methoxy groups -OCH3 is 1. The van der Waals surface area contributed by atoms with E-state index in [4.69, 9.17) is 9.47 Å². The highest BCUT2D eigenvalue weighted by Crippen LogP contribution is 2.16. The van der Waals surface area contributed by atoms with Gasteiger partial charge >= 0.3 is 0 Å². The molecule has 1 rings (SSSR count). The Kier molecular flexibility index (Phi) is 4.79. The van der Waals surface area contributed by atoms with Crippen LogP contribution in [-0.4, -0.2) is 20.3 Å². The molecule has 0 radical (unpaired) electrons. The van der Waals surface area contributed by atoms with Crippen LogP contribution in [0.1, 0.15) is 19.4 Å². The number of ether oxygens (including phenoxy) is 2. The van der Waals surface area contributed by atoms with E-state index in [1.54, 1.807) is 7.11 Å². The average molecular weight is 208 g/mol. The van der Waals surface area contributed by atoms with E-state index in [0.29, 0.717) is 6.61 Å². The molecule has 2 nitrogen and oxygen atoms in total. The summed E-state index contributed by atoms with van der Waals surface area (Å²) in [5.74, 6) is 0. The molecule has 0 aromatic heterocycles. The van der Waals surface area contributed by atoms with Crippen molar-refractivity contribution >= 4 is 0 Å². The highest BCUT2D eigenvalue weighted by Gasteiger charge is 2.17. The SMILES string of the molecule is COCC(C)(C)COCc1ccccc1. The van der Waals surface area contributed by atoms with E-state index in [-0.39, 0.29) is 5.41 Å². The molecule has 0 aliphatic rings. The van der Waals surface area contributed by atoms with Crippen molar-refractivity contribution in [3.05, 3.63) is 35.9 Å². The van der Waals surface area contributed by atoms with Crippen LogP contribution in [0.3, 0.4) is 0 Å². The minimum Gasteiger partial charge on any atom is -0.384 e. The van der Waals surface area contributed by atoms with Gasteiger partial charge in [0.1, 0.15) is 0 Å². The first-order valence-electron chi connectivity index (χ1n) is 5.25. The molecular weight excluding hydrogens is 188 g/mol. The third-order valence-electron chi connectivity index (χ3n) is 2.14. The molecule has 0 saturated carbocycles. The fraction of sp³-hybridized carbons (Fsp3) is 0.538. The van der Waals surface area contributed by atoms with Crippen molar-refractivity contribution in [1.29, 1.82) is 0 Å². The van der Waals surface area contributed by atoms with Gasteiger partial charge in [0.15, 0.2) is 0 Å². The van der Waals surface area contributed by atoms with E-state index >= 15 is 0 Å². The van der Waals surface area contributed by atoms with Crippen molar-refractivity contribution < 1.29 is 9.47 Å². The van der Waals surface area contributed by atoms with Crippen molar-refractivity contribution in [3.8, 4) is 0 Å². The molecule has 0 aliphatic heterocycles. The van der Waals surface area contributed by atoms with Crippen LogP contribution in [0.4, 0.5) is 0 Å². The molecule has 0 aliphatic carbocycles. The molecule has 0 fully saturated rings. The van der Waals surface area contributed by atoms with Gasteiger partial charge in [0.25, 0.3) is 0 Å². The zero-order valence-electron chi connectivity index (χ0n) is 9.82. The second-order valence-electron chi connectivity index (χ2n) is 4.58. The summed E-state index contributed by atoms with van der Waals surface area (Å²) in [6.07, 6.45) is 0. The third kappa shape index (κ3) is 4.96. The van der Waals surface area contributed by atoms with Crippen molar-refractivity contribution in [2.24, 2.45) is 5.41 Å². The Morgan fingerprint density at radius 1 is 1.07 bits per heavy atom. The molecule has 0 amide bonds. The maximum Gasteiger partial charge on any atom is 0.0717 e. The normalized spacial score (nSPS) is 11.7. The van der Waals surface area contributed by atoms with E-state index < -0.39 is 0 Å². The lowest BCUT2D eigenvalue weighted by atomic mass is 9.96. The highest BCUT2D eigenvalue weighted by atomic mass is 16.5. The fourth-order valence-electron chi connectivity index (χ4n) is 1.45. The summed E-state index contributed by atoms with van der Waals surface area (Å²) in [5, 5.41) is 0. The number of rotatable bonds is 6. The van der Waals surface area contributed by atoms with E-state index in [1.165, 1.54) is 5.56 Å². The largest absolute Gasteiger partial charge is 0.384 e. The van der Waals surface area contributed by atoms with Crippen molar-refractivity contribution in [1.82, 2.24) is 0 Å². The molecule has 1 aromatic rings. The van der Waals surface area contributed by atoms with E-state index in [1.807, 2.05) is 18.2 Å². The number of hydrogen-bond donors (Lipinski definition) is 0. The minimum atomic E-state index is 0.0868. The first kappa shape index (κ1) is 12.2. The molecule has 15 heavy (non-hydrogen) atoms. The molecule has 1 aromatic carbocycles. The molecule has 0 N–H and O–H groups in total. The summed E-state index contributed by atoms with van der Waals surface area (Å²) in [4.78, 5) is 0. The van der Waals surface area contributed by atoms with Gasteiger partial charge in [-0.15, -0.1) is 0 Å². The van der Waals surface area contributed by atoms with E-state index in [2.05, 4.69) is 26.0 Å². The lowest BCUT2D eigenvalue weighted by molar-refractivity contribution is 0.00579. The lowest BCUT2D eigenvalue weighted by Gasteiger charge is -2.23. The molecule has 0 unspecified atom stereocenters. The van der Waals surface area contributed by atoms with Crippen LogP contribution in [0.2, 0.25) is 0 Å². The molecule has 84 valence electrons. The Labute approximate surface area is 92.2 Å². The van der Waals surface area contributed by atoms with Crippen molar-refractivity contribution in [2.45, 2.75) is 20.5 Å². The first-order chi connectivity index (χ1) is 7.14. The summed E-state index contributed by atoms with van der Waals surface area (Å²) in [7, 11) is 1.72. The van der Waals surface area contributed by atoms with Crippen LogP contribution < -0.4 is 0 Å². The Hall–Kier alpha value is -0.860. The number of benzene rings is 1. The second kappa shape index (κ2) is 5.89. The monoisotopic (exact) mass is 208 g/mol.